The minimum absolute atomic E-state index is 0.0146. The molecule has 2 fully saturated rings. The third-order valence-electron chi connectivity index (χ3n) is 5.68. The lowest BCUT2D eigenvalue weighted by Gasteiger charge is -2.33. The van der Waals surface area contributed by atoms with E-state index in [0.29, 0.717) is 29.0 Å². The number of likely N-dealkylation sites (tertiary alicyclic amines) is 1. The van der Waals surface area contributed by atoms with Crippen molar-refractivity contribution in [3.05, 3.63) is 23.8 Å². The van der Waals surface area contributed by atoms with Crippen LogP contribution in [0.15, 0.2) is 18.2 Å². The summed E-state index contributed by atoms with van der Waals surface area (Å²) in [5, 5.41) is 2.75. The summed E-state index contributed by atoms with van der Waals surface area (Å²) < 4.78 is 10.4. The normalized spacial score (nSPS) is 24.7. The van der Waals surface area contributed by atoms with Crippen molar-refractivity contribution in [3.8, 4) is 11.5 Å². The quantitative estimate of drug-likeness (QED) is 0.876. The summed E-state index contributed by atoms with van der Waals surface area (Å²) in [5.41, 5.74) is 0.445. The number of carbonyl (C=O) groups excluding carboxylic acids is 2. The van der Waals surface area contributed by atoms with Gasteiger partial charge in [-0.3, -0.25) is 9.59 Å². The molecular weight excluding hydrogens is 332 g/mol. The van der Waals surface area contributed by atoms with Gasteiger partial charge in [0.15, 0.2) is 11.5 Å². The molecule has 3 rings (SSSR count). The molecule has 26 heavy (non-hydrogen) atoms. The Morgan fingerprint density at radius 2 is 1.88 bits per heavy atom. The second-order valence-corrected chi connectivity index (χ2v) is 7.25. The number of nitrogens with one attached hydrogen (secondary N) is 1. The highest BCUT2D eigenvalue weighted by Gasteiger charge is 2.42. The Bertz CT molecular complexity index is 676. The average Bonchev–Trinajstić information content (AvgIpc) is 3.00. The lowest BCUT2D eigenvalue weighted by Crippen LogP contribution is -2.47. The summed E-state index contributed by atoms with van der Waals surface area (Å²) in [4.78, 5) is 27.2. The van der Waals surface area contributed by atoms with Gasteiger partial charge in [0.05, 0.1) is 20.8 Å². The number of benzene rings is 1. The molecule has 2 aliphatic rings. The predicted octanol–water partition coefficient (Wildman–Crippen LogP) is 2.61. The maximum absolute atomic E-state index is 12.7. The van der Waals surface area contributed by atoms with Gasteiger partial charge < -0.3 is 19.7 Å². The van der Waals surface area contributed by atoms with E-state index in [1.165, 1.54) is 26.4 Å². The van der Waals surface area contributed by atoms with Gasteiger partial charge in [-0.25, -0.2) is 0 Å². The maximum Gasteiger partial charge on any atom is 0.251 e. The summed E-state index contributed by atoms with van der Waals surface area (Å²) >= 11 is 0. The van der Waals surface area contributed by atoms with Gasteiger partial charge in [0, 0.05) is 17.6 Å². The molecule has 6 heteroatoms. The lowest BCUT2D eigenvalue weighted by atomic mass is 9.85. The smallest absolute Gasteiger partial charge is 0.251 e. The van der Waals surface area contributed by atoms with Crippen molar-refractivity contribution < 1.29 is 19.1 Å². The highest BCUT2D eigenvalue weighted by molar-refractivity contribution is 5.97. The van der Waals surface area contributed by atoms with Crippen LogP contribution in [-0.2, 0) is 4.79 Å². The Morgan fingerprint density at radius 3 is 2.62 bits per heavy atom. The summed E-state index contributed by atoms with van der Waals surface area (Å²) in [6.07, 6.45) is 5.85. The Kier molecular flexibility index (Phi) is 5.69. The molecular formula is C20H28N2O4. The van der Waals surface area contributed by atoms with Crippen LogP contribution in [0.25, 0.3) is 0 Å². The van der Waals surface area contributed by atoms with Crippen LogP contribution in [0, 0.1) is 5.92 Å². The Morgan fingerprint density at radius 1 is 1.15 bits per heavy atom. The zero-order valence-electron chi connectivity index (χ0n) is 15.8. The minimum Gasteiger partial charge on any atom is -0.493 e. The second kappa shape index (κ2) is 7.98. The molecule has 1 N–H and O–H groups in total. The van der Waals surface area contributed by atoms with Crippen LogP contribution in [0.4, 0.5) is 0 Å². The minimum atomic E-state index is -0.286. The maximum atomic E-state index is 12.7. The number of ether oxygens (including phenoxy) is 2. The van der Waals surface area contributed by atoms with Gasteiger partial charge in [-0.05, 0) is 50.3 Å². The van der Waals surface area contributed by atoms with E-state index in [-0.39, 0.29) is 24.4 Å². The largest absolute Gasteiger partial charge is 0.493 e. The third kappa shape index (κ3) is 3.64. The molecule has 6 nitrogen and oxygen atoms in total. The first-order chi connectivity index (χ1) is 12.5. The van der Waals surface area contributed by atoms with Gasteiger partial charge in [0.2, 0.25) is 5.91 Å². The summed E-state index contributed by atoms with van der Waals surface area (Å²) in [7, 11) is 3.07. The molecule has 3 atom stereocenters. The van der Waals surface area contributed by atoms with Crippen molar-refractivity contribution in [1.29, 1.82) is 0 Å². The number of fused-ring (bicyclic) bond motifs is 1. The van der Waals surface area contributed by atoms with Crippen LogP contribution in [-0.4, -0.2) is 49.6 Å². The molecule has 0 bridgehead atoms. The molecule has 1 saturated carbocycles. The first kappa shape index (κ1) is 18.5. The third-order valence-corrected chi connectivity index (χ3v) is 5.68. The molecule has 1 aromatic rings. The topological polar surface area (TPSA) is 67.9 Å². The van der Waals surface area contributed by atoms with Crippen LogP contribution < -0.4 is 14.8 Å². The molecule has 1 aromatic carbocycles. The van der Waals surface area contributed by atoms with Crippen molar-refractivity contribution in [1.82, 2.24) is 10.2 Å². The van der Waals surface area contributed by atoms with Crippen molar-refractivity contribution in [2.24, 2.45) is 5.92 Å². The molecule has 1 heterocycles. The van der Waals surface area contributed by atoms with Crippen LogP contribution in [0.3, 0.4) is 0 Å². The first-order valence-corrected chi connectivity index (χ1v) is 9.36. The molecule has 1 aliphatic heterocycles. The fourth-order valence-electron chi connectivity index (χ4n) is 4.47. The monoisotopic (exact) mass is 360 g/mol. The number of rotatable bonds is 5. The Labute approximate surface area is 154 Å². The summed E-state index contributed by atoms with van der Waals surface area (Å²) in [5.74, 6) is 1.41. The van der Waals surface area contributed by atoms with E-state index in [2.05, 4.69) is 12.2 Å². The van der Waals surface area contributed by atoms with Crippen molar-refractivity contribution in [3.63, 3.8) is 0 Å². The predicted molar refractivity (Wildman–Crippen MR) is 98.6 cm³/mol. The Hall–Kier alpha value is -2.24. The number of nitrogens with zero attached hydrogens (tertiary/aromatic N) is 1. The zero-order chi connectivity index (χ0) is 18.7. The molecule has 2 amide bonds. The summed E-state index contributed by atoms with van der Waals surface area (Å²) in [6, 6.07) is 5.58. The molecule has 0 radical (unpaired) electrons. The van der Waals surface area contributed by atoms with Crippen molar-refractivity contribution >= 4 is 11.8 Å². The Balaban J connectivity index is 1.61. The molecule has 1 saturated heterocycles. The fourth-order valence-corrected chi connectivity index (χ4v) is 4.47. The van der Waals surface area contributed by atoms with E-state index >= 15 is 0 Å². The number of hydrogen-bond donors (Lipinski definition) is 1. The number of methoxy groups -OCH3 is 2. The molecule has 0 aromatic heterocycles. The lowest BCUT2D eigenvalue weighted by molar-refractivity contribution is -0.133. The van der Waals surface area contributed by atoms with E-state index in [1.54, 1.807) is 25.3 Å². The number of carbonyl (C=O) groups is 2. The van der Waals surface area contributed by atoms with Crippen LogP contribution >= 0.6 is 0 Å². The van der Waals surface area contributed by atoms with Gasteiger partial charge in [-0.15, -0.1) is 0 Å². The average molecular weight is 360 g/mol. The molecule has 1 aliphatic carbocycles. The van der Waals surface area contributed by atoms with E-state index < -0.39 is 0 Å². The standard InChI is InChI=1S/C20H28N2O4/c1-13-10-14-6-4-5-7-16(14)22(13)19(23)12-21-20(24)15-8-9-17(25-2)18(11-15)26-3/h8-9,11,13-14,16H,4-7,10,12H2,1-3H3,(H,21,24)/t13-,14+,16-/m1/s1. The van der Waals surface area contributed by atoms with Gasteiger partial charge in [-0.2, -0.15) is 0 Å². The number of amides is 2. The van der Waals surface area contributed by atoms with Gasteiger partial charge in [0.1, 0.15) is 0 Å². The zero-order valence-corrected chi connectivity index (χ0v) is 15.8. The van der Waals surface area contributed by atoms with Gasteiger partial charge in [0.25, 0.3) is 5.91 Å². The SMILES string of the molecule is COc1ccc(C(=O)NCC(=O)N2[C@H](C)C[C@@H]3CCCC[C@H]32)cc1OC. The van der Waals surface area contributed by atoms with Crippen molar-refractivity contribution in [2.45, 2.75) is 51.1 Å². The first-order valence-electron chi connectivity index (χ1n) is 9.36. The number of hydrogen-bond acceptors (Lipinski definition) is 4. The van der Waals surface area contributed by atoms with E-state index in [0.717, 1.165) is 12.8 Å². The van der Waals surface area contributed by atoms with Crippen LogP contribution in [0.5, 0.6) is 11.5 Å². The summed E-state index contributed by atoms with van der Waals surface area (Å²) in [6.45, 7) is 2.15. The molecule has 0 spiro atoms. The molecule has 142 valence electrons. The molecule has 0 unspecified atom stereocenters. The van der Waals surface area contributed by atoms with Crippen LogP contribution in [0.1, 0.15) is 49.4 Å². The highest BCUT2D eigenvalue weighted by Crippen LogP contribution is 2.39. The van der Waals surface area contributed by atoms with Crippen molar-refractivity contribution in [2.75, 3.05) is 20.8 Å². The van der Waals surface area contributed by atoms with E-state index in [9.17, 15) is 9.59 Å². The van der Waals surface area contributed by atoms with Gasteiger partial charge in [-0.1, -0.05) is 12.8 Å². The van der Waals surface area contributed by atoms with Gasteiger partial charge >= 0.3 is 0 Å². The van der Waals surface area contributed by atoms with E-state index in [4.69, 9.17) is 9.47 Å². The highest BCUT2D eigenvalue weighted by atomic mass is 16.5. The second-order valence-electron chi connectivity index (χ2n) is 7.25. The fraction of sp³-hybridized carbons (Fsp3) is 0.600. The van der Waals surface area contributed by atoms with Crippen LogP contribution in [0.2, 0.25) is 0 Å². The van der Waals surface area contributed by atoms with E-state index in [1.807, 2.05) is 4.90 Å².